The van der Waals surface area contributed by atoms with Gasteiger partial charge >= 0.3 is 0 Å². The van der Waals surface area contributed by atoms with Gasteiger partial charge in [-0.25, -0.2) is 17.2 Å². The van der Waals surface area contributed by atoms with Crippen molar-refractivity contribution in [2.45, 2.75) is 10.8 Å². The Balaban J connectivity index is 1.51. The molecule has 0 aliphatic carbocycles. The molecule has 0 atom stereocenters. The van der Waals surface area contributed by atoms with Gasteiger partial charge in [0.15, 0.2) is 5.76 Å². The highest BCUT2D eigenvalue weighted by Crippen LogP contribution is 2.33. The third-order valence-corrected chi connectivity index (χ3v) is 5.74. The van der Waals surface area contributed by atoms with Gasteiger partial charge in [0.25, 0.3) is 0 Å². The van der Waals surface area contributed by atoms with Crippen LogP contribution in [0.25, 0.3) is 11.6 Å². The second kappa shape index (κ2) is 5.74. The van der Waals surface area contributed by atoms with E-state index in [9.17, 15) is 17.2 Å². The number of halogens is 2. The summed E-state index contributed by atoms with van der Waals surface area (Å²) in [5.74, 6) is -1.18. The first-order valence-corrected chi connectivity index (χ1v) is 8.72. The molecule has 10 heteroatoms. The Morgan fingerprint density at radius 1 is 1.20 bits per heavy atom. The van der Waals surface area contributed by atoms with E-state index < -0.39 is 26.6 Å². The van der Waals surface area contributed by atoms with E-state index in [4.69, 9.17) is 8.94 Å². The predicted octanol–water partition coefficient (Wildman–Crippen LogP) is 2.40. The molecule has 0 amide bonds. The molecule has 1 fully saturated rings. The van der Waals surface area contributed by atoms with Crippen molar-refractivity contribution in [3.63, 3.8) is 0 Å². The van der Waals surface area contributed by atoms with E-state index >= 15 is 0 Å². The van der Waals surface area contributed by atoms with Crippen LogP contribution in [0.15, 0.2) is 50.4 Å². The van der Waals surface area contributed by atoms with Gasteiger partial charge in [0, 0.05) is 13.1 Å². The minimum absolute atomic E-state index is 0.0398. The third-order valence-electron chi connectivity index (χ3n) is 3.89. The van der Waals surface area contributed by atoms with Gasteiger partial charge in [-0.15, -0.1) is 0 Å². The number of benzene rings is 1. The lowest BCUT2D eigenvalue weighted by Gasteiger charge is -2.35. The lowest BCUT2D eigenvalue weighted by atomic mass is 10.0. The summed E-state index contributed by atoms with van der Waals surface area (Å²) in [6.07, 6.45) is 1.47. The summed E-state index contributed by atoms with van der Waals surface area (Å²) in [4.78, 5) is 3.48. The second-order valence-electron chi connectivity index (χ2n) is 5.53. The van der Waals surface area contributed by atoms with Crippen molar-refractivity contribution < 1.29 is 26.1 Å². The Hall–Kier alpha value is -2.59. The molecular weight excluding hydrogens is 356 g/mol. The van der Waals surface area contributed by atoms with E-state index in [0.29, 0.717) is 11.8 Å². The number of hydrogen-bond acceptors (Lipinski definition) is 6. The van der Waals surface area contributed by atoms with E-state index in [-0.39, 0.29) is 30.7 Å². The highest BCUT2D eigenvalue weighted by molar-refractivity contribution is 7.89. The van der Waals surface area contributed by atoms with E-state index in [1.54, 1.807) is 12.1 Å². The topological polar surface area (TPSA) is 89.4 Å². The highest BCUT2D eigenvalue weighted by atomic mass is 32.2. The molecule has 3 aromatic rings. The van der Waals surface area contributed by atoms with Crippen molar-refractivity contribution in [1.29, 1.82) is 0 Å². The molecule has 130 valence electrons. The van der Waals surface area contributed by atoms with Crippen LogP contribution in [-0.2, 0) is 10.0 Å². The summed E-state index contributed by atoms with van der Waals surface area (Å²) in [5, 5.41) is 3.78. The van der Waals surface area contributed by atoms with Crippen molar-refractivity contribution in [2.24, 2.45) is 0 Å². The molecule has 0 unspecified atom stereocenters. The summed E-state index contributed by atoms with van der Waals surface area (Å²) in [7, 11) is -4.12. The van der Waals surface area contributed by atoms with E-state index in [1.165, 1.54) is 6.26 Å². The quantitative estimate of drug-likeness (QED) is 0.703. The number of sulfonamides is 1. The molecule has 0 radical (unpaired) electrons. The average Bonchev–Trinajstić information content (AvgIpc) is 3.18. The molecule has 1 aliphatic heterocycles. The Labute approximate surface area is 140 Å². The molecule has 1 aromatic carbocycles. The smallest absolute Gasteiger partial charge is 0.246 e. The van der Waals surface area contributed by atoms with E-state index in [2.05, 4.69) is 10.1 Å². The third kappa shape index (κ3) is 2.72. The Morgan fingerprint density at radius 3 is 2.72 bits per heavy atom. The van der Waals surface area contributed by atoms with Gasteiger partial charge in [-0.1, -0.05) is 5.16 Å². The summed E-state index contributed by atoms with van der Waals surface area (Å²) in [5.41, 5.74) is 0. The predicted molar refractivity (Wildman–Crippen MR) is 79.9 cm³/mol. The first-order chi connectivity index (χ1) is 11.9. The average molecular weight is 367 g/mol. The van der Waals surface area contributed by atoms with Crippen LogP contribution in [0.4, 0.5) is 8.78 Å². The Bertz CT molecular complexity index is 1010. The molecule has 1 saturated heterocycles. The maximum absolute atomic E-state index is 13.7. The number of furan rings is 1. The maximum Gasteiger partial charge on any atom is 0.246 e. The van der Waals surface area contributed by atoms with Crippen molar-refractivity contribution in [3.8, 4) is 11.6 Å². The van der Waals surface area contributed by atoms with Crippen LogP contribution in [-0.4, -0.2) is 36.0 Å². The second-order valence-corrected chi connectivity index (χ2v) is 7.43. The zero-order valence-corrected chi connectivity index (χ0v) is 13.4. The molecule has 25 heavy (non-hydrogen) atoms. The summed E-state index contributed by atoms with van der Waals surface area (Å²) in [6.45, 7) is 0.0795. The number of hydrogen-bond donors (Lipinski definition) is 0. The van der Waals surface area contributed by atoms with Crippen LogP contribution in [0.5, 0.6) is 0 Å². The molecule has 2 aromatic heterocycles. The Morgan fingerprint density at radius 2 is 2.00 bits per heavy atom. The lowest BCUT2D eigenvalue weighted by Crippen LogP contribution is -2.48. The fourth-order valence-electron chi connectivity index (χ4n) is 2.51. The standard InChI is InChI=1S/C15H11F2N3O4S/c16-10-3-4-11(17)13(6-10)25(21,22)20-7-9(8-20)15-18-14(19-24-15)12-2-1-5-23-12/h1-6,9H,7-8H2. The van der Waals surface area contributed by atoms with Crippen molar-refractivity contribution in [1.82, 2.24) is 14.4 Å². The van der Waals surface area contributed by atoms with Crippen LogP contribution >= 0.6 is 0 Å². The molecule has 0 N–H and O–H groups in total. The molecule has 0 saturated carbocycles. The molecule has 1 aliphatic rings. The minimum atomic E-state index is -4.12. The molecular formula is C15H11F2N3O4S. The number of aromatic nitrogens is 2. The monoisotopic (exact) mass is 367 g/mol. The first-order valence-electron chi connectivity index (χ1n) is 7.28. The van der Waals surface area contributed by atoms with E-state index in [1.807, 2.05) is 0 Å². The molecule has 4 rings (SSSR count). The van der Waals surface area contributed by atoms with Gasteiger partial charge in [-0.05, 0) is 30.3 Å². The molecule has 0 spiro atoms. The van der Waals surface area contributed by atoms with Gasteiger partial charge in [0.2, 0.25) is 21.7 Å². The van der Waals surface area contributed by atoms with Gasteiger partial charge in [0.05, 0.1) is 12.2 Å². The van der Waals surface area contributed by atoms with Crippen LogP contribution in [0.3, 0.4) is 0 Å². The first kappa shape index (κ1) is 15.9. The van der Waals surface area contributed by atoms with Gasteiger partial charge < -0.3 is 8.94 Å². The molecule has 7 nitrogen and oxygen atoms in total. The van der Waals surface area contributed by atoms with Crippen LogP contribution in [0.2, 0.25) is 0 Å². The van der Waals surface area contributed by atoms with Gasteiger partial charge in [-0.3, -0.25) is 0 Å². The molecule has 3 heterocycles. The highest BCUT2D eigenvalue weighted by Gasteiger charge is 2.41. The Kier molecular flexibility index (Phi) is 3.65. The van der Waals surface area contributed by atoms with Gasteiger partial charge in [-0.2, -0.15) is 9.29 Å². The summed E-state index contributed by atoms with van der Waals surface area (Å²) < 4.78 is 63.1. The SMILES string of the molecule is O=S(=O)(c1cc(F)ccc1F)N1CC(c2nc(-c3ccco3)no2)C1. The summed E-state index contributed by atoms with van der Waals surface area (Å²) in [6, 6.07) is 5.66. The summed E-state index contributed by atoms with van der Waals surface area (Å²) >= 11 is 0. The van der Waals surface area contributed by atoms with Crippen molar-refractivity contribution >= 4 is 10.0 Å². The van der Waals surface area contributed by atoms with Gasteiger partial charge in [0.1, 0.15) is 16.5 Å². The fraction of sp³-hybridized carbons (Fsp3) is 0.200. The van der Waals surface area contributed by atoms with E-state index in [0.717, 1.165) is 16.4 Å². The van der Waals surface area contributed by atoms with Crippen LogP contribution in [0.1, 0.15) is 11.8 Å². The number of nitrogens with zero attached hydrogens (tertiary/aromatic N) is 3. The zero-order chi connectivity index (χ0) is 17.6. The largest absolute Gasteiger partial charge is 0.461 e. The fourth-order valence-corrected chi connectivity index (χ4v) is 4.12. The molecule has 0 bridgehead atoms. The normalized spacial score (nSPS) is 16.1. The van der Waals surface area contributed by atoms with Crippen LogP contribution < -0.4 is 0 Å². The zero-order valence-electron chi connectivity index (χ0n) is 12.6. The number of rotatable bonds is 4. The van der Waals surface area contributed by atoms with Crippen LogP contribution in [0, 0.1) is 11.6 Å². The van der Waals surface area contributed by atoms with Crippen molar-refractivity contribution in [2.75, 3.05) is 13.1 Å². The van der Waals surface area contributed by atoms with Crippen molar-refractivity contribution in [3.05, 3.63) is 54.1 Å². The maximum atomic E-state index is 13.7. The minimum Gasteiger partial charge on any atom is -0.461 e. The lowest BCUT2D eigenvalue weighted by molar-refractivity contribution is 0.216.